The molecule has 0 radical (unpaired) electrons. The van der Waals surface area contributed by atoms with Crippen LogP contribution in [0.5, 0.6) is 0 Å². The van der Waals surface area contributed by atoms with Crippen molar-refractivity contribution in [3.05, 3.63) is 54.2 Å². The molecule has 0 spiro atoms. The number of amides is 1. The molecular weight excluding hydrogens is 236 g/mol. The zero-order chi connectivity index (χ0) is 13.5. The second-order valence-electron chi connectivity index (χ2n) is 4.00. The predicted octanol–water partition coefficient (Wildman–Crippen LogP) is 2.24. The zero-order valence-corrected chi connectivity index (χ0v) is 10.7. The summed E-state index contributed by atoms with van der Waals surface area (Å²) in [5.74, 6) is 5.82. The molecule has 19 heavy (non-hydrogen) atoms. The Bertz CT molecular complexity index is 607. The highest BCUT2D eigenvalue weighted by atomic mass is 16.1. The van der Waals surface area contributed by atoms with E-state index in [9.17, 15) is 4.79 Å². The van der Waals surface area contributed by atoms with Crippen molar-refractivity contribution in [1.82, 2.24) is 10.3 Å². The summed E-state index contributed by atoms with van der Waals surface area (Å²) >= 11 is 0. The van der Waals surface area contributed by atoms with Crippen LogP contribution in [0.2, 0.25) is 0 Å². The Labute approximate surface area is 112 Å². The fourth-order valence-corrected chi connectivity index (χ4v) is 1.57. The summed E-state index contributed by atoms with van der Waals surface area (Å²) in [6.07, 6.45) is 1.77. The minimum absolute atomic E-state index is 0.0696. The van der Waals surface area contributed by atoms with Gasteiger partial charge in [0.05, 0.1) is 12.2 Å². The Morgan fingerprint density at radius 1 is 1.21 bits per heavy atom. The SMILES string of the molecule is CC(=O)NCC#Cc1ccc(-c2ccccn2)cc1. The number of pyridine rings is 1. The van der Waals surface area contributed by atoms with Gasteiger partial charge in [0.1, 0.15) is 0 Å². The Kier molecular flexibility index (Phi) is 4.30. The topological polar surface area (TPSA) is 42.0 Å². The van der Waals surface area contributed by atoms with Crippen LogP contribution in [-0.2, 0) is 4.79 Å². The Morgan fingerprint density at radius 2 is 2.00 bits per heavy atom. The molecular formula is C16H14N2O. The fourth-order valence-electron chi connectivity index (χ4n) is 1.57. The molecule has 94 valence electrons. The molecule has 0 atom stereocenters. The molecule has 0 aliphatic heterocycles. The molecule has 0 saturated heterocycles. The Morgan fingerprint density at radius 3 is 2.63 bits per heavy atom. The molecule has 0 bridgehead atoms. The molecule has 1 amide bonds. The number of hydrogen-bond acceptors (Lipinski definition) is 2. The van der Waals surface area contributed by atoms with E-state index in [4.69, 9.17) is 0 Å². The van der Waals surface area contributed by atoms with Crippen molar-refractivity contribution in [3.63, 3.8) is 0 Å². The predicted molar refractivity (Wildman–Crippen MR) is 75.2 cm³/mol. The second-order valence-corrected chi connectivity index (χ2v) is 4.00. The molecule has 2 aromatic rings. The van der Waals surface area contributed by atoms with Gasteiger partial charge in [0.25, 0.3) is 0 Å². The number of aromatic nitrogens is 1. The van der Waals surface area contributed by atoms with Crippen molar-refractivity contribution in [2.24, 2.45) is 0 Å². The Balaban J connectivity index is 2.05. The maximum atomic E-state index is 10.7. The lowest BCUT2D eigenvalue weighted by molar-refractivity contribution is -0.118. The molecule has 1 aromatic heterocycles. The first-order chi connectivity index (χ1) is 9.25. The molecule has 3 nitrogen and oxygen atoms in total. The molecule has 2 rings (SSSR count). The third-order valence-electron chi connectivity index (χ3n) is 2.50. The van der Waals surface area contributed by atoms with Crippen molar-refractivity contribution < 1.29 is 4.79 Å². The first-order valence-electron chi connectivity index (χ1n) is 6.00. The molecule has 0 unspecified atom stereocenters. The lowest BCUT2D eigenvalue weighted by Gasteiger charge is -1.99. The van der Waals surface area contributed by atoms with Crippen LogP contribution in [-0.4, -0.2) is 17.4 Å². The minimum atomic E-state index is -0.0696. The maximum absolute atomic E-state index is 10.7. The first kappa shape index (κ1) is 12.8. The maximum Gasteiger partial charge on any atom is 0.217 e. The summed E-state index contributed by atoms with van der Waals surface area (Å²) in [5, 5.41) is 2.63. The number of benzene rings is 1. The van der Waals surface area contributed by atoms with Crippen molar-refractivity contribution >= 4 is 5.91 Å². The van der Waals surface area contributed by atoms with E-state index in [1.807, 2.05) is 42.5 Å². The molecule has 3 heteroatoms. The fraction of sp³-hybridized carbons (Fsp3) is 0.125. The third-order valence-corrected chi connectivity index (χ3v) is 2.50. The number of nitrogens with one attached hydrogen (secondary N) is 1. The van der Waals surface area contributed by atoms with E-state index >= 15 is 0 Å². The van der Waals surface area contributed by atoms with E-state index in [-0.39, 0.29) is 5.91 Å². The molecule has 0 aliphatic carbocycles. The molecule has 1 N–H and O–H groups in total. The smallest absolute Gasteiger partial charge is 0.217 e. The minimum Gasteiger partial charge on any atom is -0.345 e. The van der Waals surface area contributed by atoms with Crippen LogP contribution in [0.1, 0.15) is 12.5 Å². The largest absolute Gasteiger partial charge is 0.345 e. The van der Waals surface area contributed by atoms with Gasteiger partial charge < -0.3 is 5.32 Å². The summed E-state index contributed by atoms with van der Waals surface area (Å²) in [7, 11) is 0. The number of rotatable bonds is 2. The number of carbonyl (C=O) groups excluding carboxylic acids is 1. The number of hydrogen-bond donors (Lipinski definition) is 1. The highest BCUT2D eigenvalue weighted by Gasteiger charge is 1.96. The van der Waals surface area contributed by atoms with Gasteiger partial charge in [0.15, 0.2) is 0 Å². The van der Waals surface area contributed by atoms with Crippen LogP contribution in [0.25, 0.3) is 11.3 Å². The normalized spacial score (nSPS) is 9.32. The summed E-state index contributed by atoms with van der Waals surface area (Å²) in [6.45, 7) is 1.85. The van der Waals surface area contributed by atoms with Crippen molar-refractivity contribution in [1.29, 1.82) is 0 Å². The van der Waals surface area contributed by atoms with Gasteiger partial charge in [-0.2, -0.15) is 0 Å². The molecule has 0 aliphatic rings. The van der Waals surface area contributed by atoms with Crippen molar-refractivity contribution in [2.75, 3.05) is 6.54 Å². The monoisotopic (exact) mass is 250 g/mol. The third kappa shape index (κ3) is 3.97. The van der Waals surface area contributed by atoms with Crippen LogP contribution < -0.4 is 5.32 Å². The van der Waals surface area contributed by atoms with Crippen LogP contribution in [0.15, 0.2) is 48.7 Å². The average Bonchev–Trinajstić information content (AvgIpc) is 2.45. The first-order valence-corrected chi connectivity index (χ1v) is 6.00. The summed E-state index contributed by atoms with van der Waals surface area (Å²) in [4.78, 5) is 15.0. The van der Waals surface area contributed by atoms with Gasteiger partial charge in [-0.05, 0) is 24.3 Å². The Hall–Kier alpha value is -2.60. The van der Waals surface area contributed by atoms with E-state index in [1.54, 1.807) is 6.20 Å². The van der Waals surface area contributed by atoms with Gasteiger partial charge in [-0.25, -0.2) is 0 Å². The lowest BCUT2D eigenvalue weighted by Crippen LogP contribution is -2.19. The standard InChI is InChI=1S/C16H14N2O/c1-13(19)17-12-4-5-14-7-9-15(10-8-14)16-6-2-3-11-18-16/h2-3,6-11H,12H2,1H3,(H,17,19). The van der Waals surface area contributed by atoms with Crippen LogP contribution >= 0.6 is 0 Å². The number of carbonyl (C=O) groups is 1. The average molecular weight is 250 g/mol. The van der Waals surface area contributed by atoms with E-state index < -0.39 is 0 Å². The zero-order valence-electron chi connectivity index (χ0n) is 10.7. The van der Waals surface area contributed by atoms with E-state index in [1.165, 1.54) is 6.92 Å². The molecule has 0 fully saturated rings. The quantitative estimate of drug-likeness (QED) is 0.830. The van der Waals surface area contributed by atoms with Gasteiger partial charge in [-0.1, -0.05) is 30.0 Å². The highest BCUT2D eigenvalue weighted by Crippen LogP contribution is 2.16. The number of nitrogens with zero attached hydrogens (tertiary/aromatic N) is 1. The highest BCUT2D eigenvalue weighted by molar-refractivity contribution is 5.73. The van der Waals surface area contributed by atoms with Crippen molar-refractivity contribution in [3.8, 4) is 23.1 Å². The van der Waals surface area contributed by atoms with Crippen LogP contribution in [0.4, 0.5) is 0 Å². The van der Waals surface area contributed by atoms with Crippen LogP contribution in [0, 0.1) is 11.8 Å². The van der Waals surface area contributed by atoms with E-state index in [2.05, 4.69) is 22.1 Å². The van der Waals surface area contributed by atoms with Gasteiger partial charge in [-0.15, -0.1) is 0 Å². The van der Waals surface area contributed by atoms with Gasteiger partial charge in [0.2, 0.25) is 5.91 Å². The molecule has 1 aromatic carbocycles. The molecule has 0 saturated carbocycles. The summed E-state index contributed by atoms with van der Waals surface area (Å²) < 4.78 is 0. The second kappa shape index (κ2) is 6.36. The summed E-state index contributed by atoms with van der Waals surface area (Å²) in [5.41, 5.74) is 2.93. The van der Waals surface area contributed by atoms with Gasteiger partial charge in [0, 0.05) is 24.2 Å². The van der Waals surface area contributed by atoms with E-state index in [0.29, 0.717) is 6.54 Å². The van der Waals surface area contributed by atoms with Crippen molar-refractivity contribution in [2.45, 2.75) is 6.92 Å². The van der Waals surface area contributed by atoms with Gasteiger partial charge in [-0.3, -0.25) is 9.78 Å². The van der Waals surface area contributed by atoms with Crippen LogP contribution in [0.3, 0.4) is 0 Å². The van der Waals surface area contributed by atoms with E-state index in [0.717, 1.165) is 16.8 Å². The summed E-state index contributed by atoms with van der Waals surface area (Å²) in [6, 6.07) is 13.7. The molecule has 1 heterocycles. The lowest BCUT2D eigenvalue weighted by atomic mass is 10.1. The van der Waals surface area contributed by atoms with Gasteiger partial charge >= 0.3 is 0 Å².